The molecule has 0 spiro atoms. The minimum absolute atomic E-state index is 0.174. The van der Waals surface area contributed by atoms with Crippen LogP contribution in [0, 0.1) is 5.82 Å². The van der Waals surface area contributed by atoms with Crippen molar-refractivity contribution in [3.63, 3.8) is 0 Å². The highest BCUT2D eigenvalue weighted by molar-refractivity contribution is 5.31. The number of benzene rings is 1. The maximum atomic E-state index is 13.4. The summed E-state index contributed by atoms with van der Waals surface area (Å²) in [6, 6.07) is 5.16. The smallest absolute Gasteiger partial charge is 0.165 e. The zero-order valence-electron chi connectivity index (χ0n) is 12.6. The number of unbranched alkanes of at least 4 members (excludes halogenated alkanes) is 1. The summed E-state index contributed by atoms with van der Waals surface area (Å²) in [6.45, 7) is 3.98. The minimum atomic E-state index is -0.325. The van der Waals surface area contributed by atoms with Crippen LogP contribution in [0.15, 0.2) is 36.9 Å². The summed E-state index contributed by atoms with van der Waals surface area (Å²) in [4.78, 5) is 4.02. The molecule has 1 unspecified atom stereocenters. The molecule has 0 aliphatic heterocycles. The summed E-state index contributed by atoms with van der Waals surface area (Å²) in [5, 5.41) is 3.45. The van der Waals surface area contributed by atoms with Gasteiger partial charge < -0.3 is 14.6 Å². The number of methoxy groups -OCH3 is 1. The van der Waals surface area contributed by atoms with Gasteiger partial charge in [0.15, 0.2) is 11.6 Å². The van der Waals surface area contributed by atoms with Crippen molar-refractivity contribution in [2.45, 2.75) is 32.4 Å². The monoisotopic (exact) mass is 291 g/mol. The number of ether oxygens (including phenoxy) is 1. The van der Waals surface area contributed by atoms with E-state index in [4.69, 9.17) is 4.74 Å². The highest BCUT2D eigenvalue weighted by Crippen LogP contribution is 2.22. The summed E-state index contributed by atoms with van der Waals surface area (Å²) in [6.07, 6.45) is 7.79. The van der Waals surface area contributed by atoms with E-state index in [1.54, 1.807) is 18.3 Å². The number of imidazole rings is 1. The lowest BCUT2D eigenvalue weighted by molar-refractivity contribution is 0.385. The first kappa shape index (κ1) is 15.5. The molecule has 1 aromatic carbocycles. The summed E-state index contributed by atoms with van der Waals surface area (Å²) < 4.78 is 20.5. The van der Waals surface area contributed by atoms with Crippen LogP contribution in [0.5, 0.6) is 5.75 Å². The topological polar surface area (TPSA) is 39.1 Å². The van der Waals surface area contributed by atoms with Crippen LogP contribution in [0.1, 0.15) is 31.4 Å². The molecule has 4 nitrogen and oxygen atoms in total. The van der Waals surface area contributed by atoms with E-state index in [1.165, 1.54) is 13.2 Å². The molecule has 0 saturated heterocycles. The first-order valence-corrected chi connectivity index (χ1v) is 7.23. The zero-order valence-corrected chi connectivity index (χ0v) is 12.6. The van der Waals surface area contributed by atoms with Crippen LogP contribution < -0.4 is 10.1 Å². The third-order valence-electron chi connectivity index (χ3n) is 3.53. The largest absolute Gasteiger partial charge is 0.494 e. The highest BCUT2D eigenvalue weighted by Gasteiger charge is 2.08. The number of aromatic nitrogens is 2. The van der Waals surface area contributed by atoms with E-state index < -0.39 is 0 Å². The SMILES string of the molecule is COc1cc(C(C)NCCCCn2ccnc2)ccc1F. The molecule has 0 saturated carbocycles. The van der Waals surface area contributed by atoms with Gasteiger partial charge in [0.1, 0.15) is 0 Å². The number of halogens is 1. The molecule has 0 fully saturated rings. The Labute approximate surface area is 125 Å². The van der Waals surface area contributed by atoms with Gasteiger partial charge in [-0.2, -0.15) is 0 Å². The van der Waals surface area contributed by atoms with Crippen molar-refractivity contribution >= 4 is 0 Å². The van der Waals surface area contributed by atoms with Crippen molar-refractivity contribution in [3.8, 4) is 5.75 Å². The number of hydrogen-bond acceptors (Lipinski definition) is 3. The molecule has 2 aromatic rings. The molecule has 1 N–H and O–H groups in total. The highest BCUT2D eigenvalue weighted by atomic mass is 19.1. The maximum absolute atomic E-state index is 13.4. The van der Waals surface area contributed by atoms with Gasteiger partial charge in [0.05, 0.1) is 13.4 Å². The molecule has 5 heteroatoms. The van der Waals surface area contributed by atoms with Crippen LogP contribution in [0.2, 0.25) is 0 Å². The molecular weight excluding hydrogens is 269 g/mol. The van der Waals surface area contributed by atoms with Gasteiger partial charge >= 0.3 is 0 Å². The molecule has 0 aliphatic carbocycles. The van der Waals surface area contributed by atoms with E-state index in [2.05, 4.69) is 21.8 Å². The molecule has 0 bridgehead atoms. The quantitative estimate of drug-likeness (QED) is 0.759. The van der Waals surface area contributed by atoms with E-state index in [-0.39, 0.29) is 11.9 Å². The molecular formula is C16H22FN3O. The van der Waals surface area contributed by atoms with Gasteiger partial charge in [-0.1, -0.05) is 6.07 Å². The average molecular weight is 291 g/mol. The Balaban J connectivity index is 1.72. The lowest BCUT2D eigenvalue weighted by Gasteiger charge is -2.15. The number of hydrogen-bond donors (Lipinski definition) is 1. The van der Waals surface area contributed by atoms with Crippen LogP contribution in [0.4, 0.5) is 4.39 Å². The predicted octanol–water partition coefficient (Wildman–Crippen LogP) is 3.16. The summed E-state index contributed by atoms with van der Waals surface area (Å²) >= 11 is 0. The summed E-state index contributed by atoms with van der Waals surface area (Å²) in [5.41, 5.74) is 1.03. The van der Waals surface area contributed by atoms with Crippen molar-refractivity contribution in [1.29, 1.82) is 0 Å². The summed E-state index contributed by atoms with van der Waals surface area (Å²) in [7, 11) is 1.48. The van der Waals surface area contributed by atoms with Crippen LogP contribution in [-0.4, -0.2) is 23.2 Å². The van der Waals surface area contributed by atoms with Crippen LogP contribution in [0.25, 0.3) is 0 Å². The van der Waals surface area contributed by atoms with E-state index in [0.717, 1.165) is 31.5 Å². The normalized spacial score (nSPS) is 12.3. The van der Waals surface area contributed by atoms with Crippen molar-refractivity contribution in [1.82, 2.24) is 14.9 Å². The molecule has 21 heavy (non-hydrogen) atoms. The van der Waals surface area contributed by atoms with Gasteiger partial charge in [0.2, 0.25) is 0 Å². The Morgan fingerprint density at radius 3 is 2.95 bits per heavy atom. The summed E-state index contributed by atoms with van der Waals surface area (Å²) in [5.74, 6) is -0.0324. The van der Waals surface area contributed by atoms with Crippen molar-refractivity contribution < 1.29 is 9.13 Å². The standard InChI is InChI=1S/C16H22FN3O/c1-13(14-5-6-15(17)16(11-14)21-2)19-7-3-4-9-20-10-8-18-12-20/h5-6,8,10-13,19H,3-4,7,9H2,1-2H3. The molecule has 0 aliphatic rings. The second-order valence-electron chi connectivity index (χ2n) is 5.08. The molecule has 1 heterocycles. The molecule has 1 aromatic heterocycles. The van der Waals surface area contributed by atoms with Gasteiger partial charge in [0.25, 0.3) is 0 Å². The Hall–Kier alpha value is -1.88. The first-order valence-electron chi connectivity index (χ1n) is 7.23. The van der Waals surface area contributed by atoms with Crippen LogP contribution >= 0.6 is 0 Å². The third-order valence-corrected chi connectivity index (χ3v) is 3.53. The molecule has 0 radical (unpaired) electrons. The molecule has 1 atom stereocenters. The Morgan fingerprint density at radius 2 is 2.24 bits per heavy atom. The van der Waals surface area contributed by atoms with Crippen molar-refractivity contribution in [3.05, 3.63) is 48.3 Å². The predicted molar refractivity (Wildman–Crippen MR) is 80.8 cm³/mol. The number of nitrogens with one attached hydrogen (secondary N) is 1. The lowest BCUT2D eigenvalue weighted by atomic mass is 10.1. The Kier molecular flexibility index (Phi) is 5.75. The van der Waals surface area contributed by atoms with E-state index in [9.17, 15) is 4.39 Å². The van der Waals surface area contributed by atoms with E-state index in [0.29, 0.717) is 5.75 Å². The molecule has 114 valence electrons. The fourth-order valence-electron chi connectivity index (χ4n) is 2.22. The average Bonchev–Trinajstić information content (AvgIpc) is 3.00. The zero-order chi connectivity index (χ0) is 15.1. The van der Waals surface area contributed by atoms with E-state index >= 15 is 0 Å². The van der Waals surface area contributed by atoms with E-state index in [1.807, 2.05) is 12.5 Å². The second kappa shape index (κ2) is 7.78. The Bertz CT molecular complexity index is 542. The molecule has 0 amide bonds. The van der Waals surface area contributed by atoms with Crippen molar-refractivity contribution in [2.75, 3.05) is 13.7 Å². The number of rotatable bonds is 8. The van der Waals surface area contributed by atoms with Crippen LogP contribution in [-0.2, 0) is 6.54 Å². The van der Waals surface area contributed by atoms with Gasteiger partial charge in [-0.15, -0.1) is 0 Å². The lowest BCUT2D eigenvalue weighted by Crippen LogP contribution is -2.20. The fourth-order valence-corrected chi connectivity index (χ4v) is 2.22. The van der Waals surface area contributed by atoms with Gasteiger partial charge in [0, 0.05) is 25.0 Å². The minimum Gasteiger partial charge on any atom is -0.494 e. The third kappa shape index (κ3) is 4.56. The Morgan fingerprint density at radius 1 is 1.38 bits per heavy atom. The first-order chi connectivity index (χ1) is 10.2. The number of aryl methyl sites for hydroxylation is 1. The number of nitrogens with zero attached hydrogens (tertiary/aromatic N) is 2. The second-order valence-corrected chi connectivity index (χ2v) is 5.08. The van der Waals surface area contributed by atoms with Crippen molar-refractivity contribution in [2.24, 2.45) is 0 Å². The van der Waals surface area contributed by atoms with Gasteiger partial charge in [-0.25, -0.2) is 9.37 Å². The fraction of sp³-hybridized carbons (Fsp3) is 0.438. The maximum Gasteiger partial charge on any atom is 0.165 e. The van der Waals surface area contributed by atoms with Gasteiger partial charge in [-0.05, 0) is 44.0 Å². The van der Waals surface area contributed by atoms with Gasteiger partial charge in [-0.3, -0.25) is 0 Å². The van der Waals surface area contributed by atoms with Crippen LogP contribution in [0.3, 0.4) is 0 Å². The molecule has 2 rings (SSSR count).